The largest absolute Gasteiger partial charge is 0.298 e. The van der Waals surface area contributed by atoms with Crippen LogP contribution in [0.3, 0.4) is 0 Å². The van der Waals surface area contributed by atoms with Crippen LogP contribution in [0, 0.1) is 0 Å². The number of carbonyl (C=O) groups excluding carboxylic acids is 1. The topological polar surface area (TPSA) is 52.0 Å². The smallest absolute Gasteiger partial charge is 0.275 e. The molecule has 16 heavy (non-hydrogen) atoms. The Morgan fingerprint density at radius 2 is 2.12 bits per heavy atom. The average Bonchev–Trinajstić information content (AvgIpc) is 2.33. The maximum Gasteiger partial charge on any atom is 0.275 e. The molecule has 4 heteroatoms. The summed E-state index contributed by atoms with van der Waals surface area (Å²) < 4.78 is 1.22. The number of aromatic nitrogens is 2. The maximum absolute atomic E-state index is 11.9. The maximum atomic E-state index is 11.9. The van der Waals surface area contributed by atoms with Gasteiger partial charge in [-0.1, -0.05) is 25.1 Å². The monoisotopic (exact) mass is 216 g/mol. The van der Waals surface area contributed by atoms with Crippen LogP contribution in [0.2, 0.25) is 0 Å². The molecule has 0 atom stereocenters. The number of hydrogen-bond donors (Lipinski definition) is 0. The van der Waals surface area contributed by atoms with E-state index in [1.165, 1.54) is 4.68 Å². The van der Waals surface area contributed by atoms with E-state index in [2.05, 4.69) is 5.10 Å². The van der Waals surface area contributed by atoms with Crippen molar-refractivity contribution in [2.75, 3.05) is 0 Å². The third kappa shape index (κ3) is 1.86. The molecule has 0 aliphatic rings. The number of hydrogen-bond acceptors (Lipinski definition) is 3. The summed E-state index contributed by atoms with van der Waals surface area (Å²) in [5, 5.41) is 5.38. The van der Waals surface area contributed by atoms with Crippen molar-refractivity contribution in [3.8, 4) is 0 Å². The third-order valence-electron chi connectivity index (χ3n) is 2.48. The second-order valence-corrected chi connectivity index (χ2v) is 3.59. The molecule has 1 aromatic carbocycles. The molecule has 0 amide bonds. The van der Waals surface area contributed by atoms with E-state index in [-0.39, 0.29) is 17.9 Å². The molecule has 0 fully saturated rings. The van der Waals surface area contributed by atoms with E-state index in [0.717, 1.165) is 5.39 Å². The van der Waals surface area contributed by atoms with Crippen LogP contribution in [-0.2, 0) is 11.3 Å². The molecule has 2 aromatic rings. The van der Waals surface area contributed by atoms with Crippen molar-refractivity contribution in [3.63, 3.8) is 0 Å². The van der Waals surface area contributed by atoms with Crippen molar-refractivity contribution in [2.45, 2.75) is 19.9 Å². The Bertz CT molecular complexity index is 587. The van der Waals surface area contributed by atoms with Gasteiger partial charge in [0.15, 0.2) is 5.78 Å². The first-order valence-electron chi connectivity index (χ1n) is 5.19. The van der Waals surface area contributed by atoms with E-state index in [4.69, 9.17) is 0 Å². The molecule has 0 aliphatic carbocycles. The molecule has 0 bridgehead atoms. The molecular formula is C12H12N2O2. The number of carbonyl (C=O) groups is 1. The highest BCUT2D eigenvalue weighted by Crippen LogP contribution is 2.06. The van der Waals surface area contributed by atoms with E-state index in [9.17, 15) is 9.59 Å². The van der Waals surface area contributed by atoms with Crippen molar-refractivity contribution >= 4 is 16.6 Å². The summed E-state index contributed by atoms with van der Waals surface area (Å²) in [6.45, 7) is 1.83. The summed E-state index contributed by atoms with van der Waals surface area (Å²) in [4.78, 5) is 23.2. The van der Waals surface area contributed by atoms with Crippen LogP contribution in [0.5, 0.6) is 0 Å². The Morgan fingerprint density at radius 3 is 2.88 bits per heavy atom. The summed E-state index contributed by atoms with van der Waals surface area (Å²) in [6, 6.07) is 7.22. The van der Waals surface area contributed by atoms with Gasteiger partial charge in [-0.2, -0.15) is 5.10 Å². The third-order valence-corrected chi connectivity index (χ3v) is 2.48. The molecule has 82 valence electrons. The lowest BCUT2D eigenvalue weighted by Crippen LogP contribution is -2.26. The number of rotatable bonds is 3. The molecule has 0 radical (unpaired) electrons. The Labute approximate surface area is 92.5 Å². The second-order valence-electron chi connectivity index (χ2n) is 3.59. The van der Waals surface area contributed by atoms with Gasteiger partial charge in [0, 0.05) is 11.8 Å². The first kappa shape index (κ1) is 10.5. The van der Waals surface area contributed by atoms with Gasteiger partial charge in [-0.25, -0.2) is 4.68 Å². The zero-order valence-electron chi connectivity index (χ0n) is 9.01. The van der Waals surface area contributed by atoms with E-state index in [1.54, 1.807) is 25.3 Å². The van der Waals surface area contributed by atoms with E-state index < -0.39 is 0 Å². The minimum Gasteiger partial charge on any atom is -0.298 e. The van der Waals surface area contributed by atoms with E-state index in [1.807, 2.05) is 12.1 Å². The van der Waals surface area contributed by atoms with Crippen molar-refractivity contribution in [3.05, 3.63) is 40.8 Å². The molecular weight excluding hydrogens is 204 g/mol. The first-order valence-corrected chi connectivity index (χ1v) is 5.19. The normalized spacial score (nSPS) is 10.6. The summed E-state index contributed by atoms with van der Waals surface area (Å²) in [7, 11) is 0. The number of Topliss-reactive ketones (excluding diaryl/α,β-unsaturated/α-hetero) is 1. The second kappa shape index (κ2) is 4.26. The van der Waals surface area contributed by atoms with Gasteiger partial charge < -0.3 is 0 Å². The fourth-order valence-electron chi connectivity index (χ4n) is 1.52. The van der Waals surface area contributed by atoms with Gasteiger partial charge in [0.1, 0.15) is 6.54 Å². The van der Waals surface area contributed by atoms with E-state index in [0.29, 0.717) is 11.8 Å². The van der Waals surface area contributed by atoms with Crippen LogP contribution in [0.4, 0.5) is 0 Å². The number of ketones is 1. The Hall–Kier alpha value is -1.97. The number of benzene rings is 1. The van der Waals surface area contributed by atoms with Gasteiger partial charge in [-0.15, -0.1) is 0 Å². The predicted molar refractivity (Wildman–Crippen MR) is 61.3 cm³/mol. The molecule has 4 nitrogen and oxygen atoms in total. The molecule has 0 saturated heterocycles. The minimum atomic E-state index is -0.208. The standard InChI is InChI=1S/C12H12N2O2/c1-2-10(15)8-14-12(16)11-6-4-3-5-9(11)7-13-14/h3-7H,2,8H2,1H3. The predicted octanol–water partition coefficient (Wildman–Crippen LogP) is 1.38. The first-order chi connectivity index (χ1) is 7.72. The highest BCUT2D eigenvalue weighted by atomic mass is 16.1. The minimum absolute atomic E-state index is 0.00452. The lowest BCUT2D eigenvalue weighted by molar-refractivity contribution is -0.119. The highest BCUT2D eigenvalue weighted by molar-refractivity contribution is 5.81. The van der Waals surface area contributed by atoms with Gasteiger partial charge >= 0.3 is 0 Å². The summed E-state index contributed by atoms with van der Waals surface area (Å²) in [5.41, 5.74) is -0.208. The Kier molecular flexibility index (Phi) is 2.81. The fourth-order valence-corrected chi connectivity index (χ4v) is 1.52. The van der Waals surface area contributed by atoms with Gasteiger partial charge in [-0.3, -0.25) is 9.59 Å². The molecule has 0 saturated carbocycles. The number of nitrogens with zero attached hydrogens (tertiary/aromatic N) is 2. The molecule has 0 unspecified atom stereocenters. The van der Waals surface area contributed by atoms with Crippen LogP contribution in [0.15, 0.2) is 35.3 Å². The van der Waals surface area contributed by atoms with Gasteiger partial charge in [-0.05, 0) is 6.07 Å². The Morgan fingerprint density at radius 1 is 1.38 bits per heavy atom. The average molecular weight is 216 g/mol. The summed E-state index contributed by atoms with van der Waals surface area (Å²) >= 11 is 0. The summed E-state index contributed by atoms with van der Waals surface area (Å²) in [6.07, 6.45) is 2.03. The molecule has 1 aromatic heterocycles. The van der Waals surface area contributed by atoms with Crippen LogP contribution in [0.25, 0.3) is 10.8 Å². The quantitative estimate of drug-likeness (QED) is 0.778. The SMILES string of the molecule is CCC(=O)Cn1ncc2ccccc2c1=O. The highest BCUT2D eigenvalue weighted by Gasteiger charge is 2.06. The van der Waals surface area contributed by atoms with Crippen LogP contribution < -0.4 is 5.56 Å². The molecule has 0 spiro atoms. The zero-order chi connectivity index (χ0) is 11.5. The molecule has 2 rings (SSSR count). The van der Waals surface area contributed by atoms with Crippen molar-refractivity contribution in [1.82, 2.24) is 9.78 Å². The Balaban J connectivity index is 2.53. The van der Waals surface area contributed by atoms with Crippen molar-refractivity contribution in [2.24, 2.45) is 0 Å². The molecule has 0 N–H and O–H groups in total. The molecule has 1 heterocycles. The van der Waals surface area contributed by atoms with Gasteiger partial charge in [0.05, 0.1) is 11.6 Å². The van der Waals surface area contributed by atoms with Crippen molar-refractivity contribution < 1.29 is 4.79 Å². The van der Waals surface area contributed by atoms with Crippen LogP contribution in [0.1, 0.15) is 13.3 Å². The summed E-state index contributed by atoms with van der Waals surface area (Å²) in [5.74, 6) is 0.00452. The zero-order valence-corrected chi connectivity index (χ0v) is 9.01. The lowest BCUT2D eigenvalue weighted by Gasteiger charge is -2.03. The fraction of sp³-hybridized carbons (Fsp3) is 0.250. The van der Waals surface area contributed by atoms with Crippen molar-refractivity contribution in [1.29, 1.82) is 0 Å². The van der Waals surface area contributed by atoms with Gasteiger partial charge in [0.2, 0.25) is 0 Å². The van der Waals surface area contributed by atoms with Gasteiger partial charge in [0.25, 0.3) is 5.56 Å². The van der Waals surface area contributed by atoms with E-state index >= 15 is 0 Å². The molecule has 0 aliphatic heterocycles. The lowest BCUT2D eigenvalue weighted by atomic mass is 10.2. The van der Waals surface area contributed by atoms with Crippen LogP contribution >= 0.6 is 0 Å². The van der Waals surface area contributed by atoms with Crippen LogP contribution in [-0.4, -0.2) is 15.6 Å². The number of fused-ring (bicyclic) bond motifs is 1.